The first-order chi connectivity index (χ1) is 17.8. The molecule has 37 heavy (non-hydrogen) atoms. The lowest BCUT2D eigenvalue weighted by Crippen LogP contribution is -2.55. The van der Waals surface area contributed by atoms with Gasteiger partial charge in [0.25, 0.3) is 0 Å². The van der Waals surface area contributed by atoms with Crippen LogP contribution in [-0.2, 0) is 29.1 Å². The van der Waals surface area contributed by atoms with Crippen LogP contribution in [0, 0.1) is 0 Å². The first-order valence-corrected chi connectivity index (χ1v) is 14.2. The van der Waals surface area contributed by atoms with Crippen molar-refractivity contribution in [1.82, 2.24) is 14.9 Å². The quantitative estimate of drug-likeness (QED) is 0.407. The molecule has 0 saturated carbocycles. The predicted molar refractivity (Wildman–Crippen MR) is 140 cm³/mol. The fourth-order valence-corrected chi connectivity index (χ4v) is 5.95. The van der Waals surface area contributed by atoms with E-state index in [1.54, 1.807) is 6.92 Å². The SMILES string of the molecule is CCCS(=O)(=O)N[C@@H](C(=O)N1CCC[C@H]1C(=O)NCCC(=O)OC)C(c1ccccc1)c1ccccc1. The third kappa shape index (κ3) is 7.62. The highest BCUT2D eigenvalue weighted by atomic mass is 32.2. The number of rotatable bonds is 12. The molecule has 0 spiro atoms. The second kappa shape index (κ2) is 13.3. The van der Waals surface area contributed by atoms with Gasteiger partial charge in [-0.15, -0.1) is 0 Å². The number of hydrogen-bond acceptors (Lipinski definition) is 6. The summed E-state index contributed by atoms with van der Waals surface area (Å²) in [4.78, 5) is 39.9. The van der Waals surface area contributed by atoms with Crippen LogP contribution in [0.25, 0.3) is 0 Å². The number of carbonyl (C=O) groups is 3. The second-order valence-electron chi connectivity index (χ2n) is 9.02. The van der Waals surface area contributed by atoms with Crippen molar-refractivity contribution in [2.45, 2.75) is 50.6 Å². The highest BCUT2D eigenvalue weighted by Gasteiger charge is 2.42. The van der Waals surface area contributed by atoms with Crippen LogP contribution in [-0.4, -0.2) is 69.1 Å². The molecule has 0 aromatic heterocycles. The summed E-state index contributed by atoms with van der Waals surface area (Å²) in [5.74, 6) is -2.00. The lowest BCUT2D eigenvalue weighted by Gasteiger charge is -2.33. The summed E-state index contributed by atoms with van der Waals surface area (Å²) < 4.78 is 33.2. The Morgan fingerprint density at radius 3 is 2.16 bits per heavy atom. The Bertz CT molecular complexity index is 1120. The van der Waals surface area contributed by atoms with Crippen molar-refractivity contribution in [3.05, 3.63) is 71.8 Å². The summed E-state index contributed by atoms with van der Waals surface area (Å²) in [5, 5.41) is 2.70. The van der Waals surface area contributed by atoms with E-state index in [1.165, 1.54) is 12.0 Å². The average Bonchev–Trinajstić information content (AvgIpc) is 3.39. The molecule has 1 heterocycles. The summed E-state index contributed by atoms with van der Waals surface area (Å²) >= 11 is 0. The van der Waals surface area contributed by atoms with Gasteiger partial charge < -0.3 is 15.0 Å². The van der Waals surface area contributed by atoms with Crippen LogP contribution in [0.15, 0.2) is 60.7 Å². The zero-order valence-corrected chi connectivity index (χ0v) is 22.1. The summed E-state index contributed by atoms with van der Waals surface area (Å²) in [6.45, 7) is 2.18. The number of benzene rings is 2. The van der Waals surface area contributed by atoms with Gasteiger partial charge in [0.2, 0.25) is 21.8 Å². The van der Waals surface area contributed by atoms with Gasteiger partial charge in [0.15, 0.2) is 0 Å². The van der Waals surface area contributed by atoms with Gasteiger partial charge >= 0.3 is 5.97 Å². The van der Waals surface area contributed by atoms with E-state index in [0.29, 0.717) is 25.8 Å². The van der Waals surface area contributed by atoms with E-state index in [0.717, 1.165) is 11.1 Å². The maximum atomic E-state index is 14.1. The topological polar surface area (TPSA) is 122 Å². The molecule has 9 nitrogen and oxygen atoms in total. The molecule has 10 heteroatoms. The monoisotopic (exact) mass is 529 g/mol. The van der Waals surface area contributed by atoms with E-state index < -0.39 is 39.9 Å². The smallest absolute Gasteiger partial charge is 0.307 e. The van der Waals surface area contributed by atoms with E-state index in [4.69, 9.17) is 0 Å². The van der Waals surface area contributed by atoms with Gasteiger partial charge in [-0.1, -0.05) is 67.6 Å². The summed E-state index contributed by atoms with van der Waals surface area (Å²) in [6, 6.07) is 16.7. The Morgan fingerprint density at radius 1 is 1.03 bits per heavy atom. The fourth-order valence-electron chi connectivity index (χ4n) is 4.67. The Kier molecular flexibility index (Phi) is 10.2. The maximum Gasteiger partial charge on any atom is 0.307 e. The molecule has 2 atom stereocenters. The second-order valence-corrected chi connectivity index (χ2v) is 10.9. The first-order valence-electron chi connectivity index (χ1n) is 12.5. The normalized spacial score (nSPS) is 16.4. The van der Waals surface area contributed by atoms with Gasteiger partial charge in [0, 0.05) is 19.0 Å². The summed E-state index contributed by atoms with van der Waals surface area (Å²) in [6.07, 6.45) is 1.47. The number of carbonyl (C=O) groups excluding carboxylic acids is 3. The number of ether oxygens (including phenoxy) is 1. The van der Waals surface area contributed by atoms with Crippen LogP contribution >= 0.6 is 0 Å². The number of hydrogen-bond donors (Lipinski definition) is 2. The number of nitrogens with zero attached hydrogens (tertiary/aromatic N) is 1. The number of nitrogens with one attached hydrogen (secondary N) is 2. The van der Waals surface area contributed by atoms with Crippen LogP contribution in [0.5, 0.6) is 0 Å². The fraction of sp³-hybridized carbons (Fsp3) is 0.444. The molecule has 0 unspecified atom stereocenters. The number of methoxy groups -OCH3 is 1. The first kappa shape index (κ1) is 28.3. The minimum Gasteiger partial charge on any atom is -0.469 e. The highest BCUT2D eigenvalue weighted by molar-refractivity contribution is 7.89. The van der Waals surface area contributed by atoms with Gasteiger partial charge in [-0.05, 0) is 30.4 Å². The molecule has 1 saturated heterocycles. The lowest BCUT2D eigenvalue weighted by atomic mass is 9.84. The van der Waals surface area contributed by atoms with E-state index in [9.17, 15) is 22.8 Å². The molecule has 3 rings (SSSR count). The van der Waals surface area contributed by atoms with Crippen molar-refractivity contribution in [2.24, 2.45) is 0 Å². The van der Waals surface area contributed by atoms with Crippen molar-refractivity contribution >= 4 is 27.8 Å². The largest absolute Gasteiger partial charge is 0.469 e. The van der Waals surface area contributed by atoms with E-state index in [1.807, 2.05) is 60.7 Å². The van der Waals surface area contributed by atoms with E-state index >= 15 is 0 Å². The Balaban J connectivity index is 1.96. The molecule has 0 aliphatic carbocycles. The maximum absolute atomic E-state index is 14.1. The van der Waals surface area contributed by atoms with Crippen LogP contribution in [0.4, 0.5) is 0 Å². The molecule has 0 radical (unpaired) electrons. The number of esters is 1. The van der Waals surface area contributed by atoms with Gasteiger partial charge in [0.05, 0.1) is 19.3 Å². The van der Waals surface area contributed by atoms with Crippen molar-refractivity contribution in [2.75, 3.05) is 26.0 Å². The third-order valence-electron chi connectivity index (χ3n) is 6.39. The van der Waals surface area contributed by atoms with Gasteiger partial charge in [-0.3, -0.25) is 14.4 Å². The summed E-state index contributed by atoms with van der Waals surface area (Å²) in [7, 11) is -2.51. The molecule has 2 aromatic rings. The van der Waals surface area contributed by atoms with Gasteiger partial charge in [0.1, 0.15) is 12.1 Å². The van der Waals surface area contributed by atoms with Crippen molar-refractivity contribution in [1.29, 1.82) is 0 Å². The highest BCUT2D eigenvalue weighted by Crippen LogP contribution is 2.31. The molecular weight excluding hydrogens is 494 g/mol. The number of sulfonamides is 1. The van der Waals surface area contributed by atoms with Crippen LogP contribution in [0.2, 0.25) is 0 Å². The number of likely N-dealkylation sites (tertiary alicyclic amines) is 1. The van der Waals surface area contributed by atoms with Crippen molar-refractivity contribution in [3.8, 4) is 0 Å². The Labute approximate surface area is 218 Å². The minimum atomic E-state index is -3.78. The van der Waals surface area contributed by atoms with Gasteiger partial charge in [-0.25, -0.2) is 13.1 Å². The average molecular weight is 530 g/mol. The molecule has 2 amide bonds. The minimum absolute atomic E-state index is 0.0203. The van der Waals surface area contributed by atoms with Crippen LogP contribution in [0.1, 0.15) is 49.7 Å². The zero-order chi connectivity index (χ0) is 26.8. The Morgan fingerprint density at radius 2 is 1.62 bits per heavy atom. The molecule has 1 aliphatic heterocycles. The molecular formula is C27H35N3O6S. The van der Waals surface area contributed by atoms with Crippen molar-refractivity contribution in [3.63, 3.8) is 0 Å². The van der Waals surface area contributed by atoms with E-state index in [2.05, 4.69) is 14.8 Å². The predicted octanol–water partition coefficient (Wildman–Crippen LogP) is 2.19. The molecule has 0 bridgehead atoms. The molecule has 1 fully saturated rings. The van der Waals surface area contributed by atoms with Crippen molar-refractivity contribution < 1.29 is 27.5 Å². The number of amides is 2. The van der Waals surface area contributed by atoms with E-state index in [-0.39, 0.29) is 24.6 Å². The third-order valence-corrected chi connectivity index (χ3v) is 7.95. The van der Waals surface area contributed by atoms with Crippen LogP contribution in [0.3, 0.4) is 0 Å². The molecule has 1 aliphatic rings. The zero-order valence-electron chi connectivity index (χ0n) is 21.3. The summed E-state index contributed by atoms with van der Waals surface area (Å²) in [5.41, 5.74) is 1.56. The molecule has 200 valence electrons. The Hall–Kier alpha value is -3.24. The lowest BCUT2D eigenvalue weighted by molar-refractivity contribution is -0.141. The standard InChI is InChI=1S/C27H35N3O6S/c1-3-19-37(34,35)29-25(24(20-11-6-4-7-12-20)21-13-8-5-9-14-21)27(33)30-18-10-15-22(30)26(32)28-17-16-23(31)36-2/h4-9,11-14,22,24-25,29H,3,10,15-19H2,1-2H3,(H,28,32)/t22-,25+/m0/s1. The molecule has 2 N–H and O–H groups in total. The van der Waals surface area contributed by atoms with Crippen LogP contribution < -0.4 is 10.0 Å². The van der Waals surface area contributed by atoms with Gasteiger partial charge in [-0.2, -0.15) is 0 Å². The molecule has 2 aromatic carbocycles.